The molecule has 1 aliphatic heterocycles. The second-order valence-electron chi connectivity index (χ2n) is 10.0. The maximum absolute atomic E-state index is 12.7. The normalized spacial score (nSPS) is 14.8. The maximum atomic E-state index is 12.7. The van der Waals surface area contributed by atoms with Gasteiger partial charge >= 0.3 is 0 Å². The lowest BCUT2D eigenvalue weighted by molar-refractivity contribution is -0.113. The monoisotopic (exact) mass is 522 g/mol. The van der Waals surface area contributed by atoms with Crippen LogP contribution in [0.2, 0.25) is 0 Å². The summed E-state index contributed by atoms with van der Waals surface area (Å²) in [6.07, 6.45) is 3.32. The number of ether oxygens (including phenoxy) is 2. The van der Waals surface area contributed by atoms with Crippen molar-refractivity contribution >= 4 is 55.1 Å². The van der Waals surface area contributed by atoms with Crippen molar-refractivity contribution in [2.75, 3.05) is 18.2 Å². The molecular weight excluding hydrogens is 492 g/mol. The highest BCUT2D eigenvalue weighted by Crippen LogP contribution is 2.43. The zero-order chi connectivity index (χ0) is 25.4. The Balaban J connectivity index is 1.48. The van der Waals surface area contributed by atoms with Crippen molar-refractivity contribution in [1.29, 1.82) is 0 Å². The molecule has 0 spiro atoms. The molecule has 4 aromatic rings. The van der Waals surface area contributed by atoms with Gasteiger partial charge in [-0.3, -0.25) is 4.79 Å². The molecule has 4 heterocycles. The molecule has 1 amide bonds. The summed E-state index contributed by atoms with van der Waals surface area (Å²) in [4.78, 5) is 28.0. The molecule has 1 aliphatic rings. The van der Waals surface area contributed by atoms with Crippen LogP contribution in [0.3, 0.4) is 0 Å². The van der Waals surface area contributed by atoms with Gasteiger partial charge in [-0.1, -0.05) is 31.7 Å². The minimum absolute atomic E-state index is 0.102. The third kappa shape index (κ3) is 5.05. The van der Waals surface area contributed by atoms with Crippen molar-refractivity contribution in [3.05, 3.63) is 47.4 Å². The van der Waals surface area contributed by atoms with Crippen LogP contribution in [0, 0.1) is 5.92 Å². The van der Waals surface area contributed by atoms with Gasteiger partial charge in [-0.15, -0.1) is 11.3 Å². The van der Waals surface area contributed by atoms with E-state index in [-0.39, 0.29) is 17.3 Å². The number of anilines is 1. The van der Waals surface area contributed by atoms with Crippen LogP contribution >= 0.6 is 23.1 Å². The first-order valence-electron chi connectivity index (χ1n) is 12.0. The van der Waals surface area contributed by atoms with E-state index in [4.69, 9.17) is 14.5 Å². The standard InChI is InChI=1S/C27H30N4O3S2/c1-15(2)9-20-19-12-34-27(3,4)11-18(19)22-23-24(36-25(22)31-20)26(29-14-28-23)35-13-21(32)30-16-7-6-8-17(10-16)33-5/h6-8,10,14-15H,9,11-13H2,1-5H3,(H,30,32). The minimum Gasteiger partial charge on any atom is -0.497 e. The van der Waals surface area contributed by atoms with Crippen LogP contribution in [-0.4, -0.2) is 39.3 Å². The number of amides is 1. The summed E-state index contributed by atoms with van der Waals surface area (Å²) in [7, 11) is 1.61. The highest BCUT2D eigenvalue weighted by molar-refractivity contribution is 8.00. The van der Waals surface area contributed by atoms with E-state index in [0.717, 1.165) is 44.0 Å². The first-order chi connectivity index (χ1) is 17.2. The predicted molar refractivity (Wildman–Crippen MR) is 146 cm³/mol. The van der Waals surface area contributed by atoms with E-state index in [0.29, 0.717) is 24.0 Å². The van der Waals surface area contributed by atoms with Gasteiger partial charge in [-0.2, -0.15) is 0 Å². The van der Waals surface area contributed by atoms with Crippen LogP contribution in [0.15, 0.2) is 35.6 Å². The Morgan fingerprint density at radius 1 is 1.28 bits per heavy atom. The van der Waals surface area contributed by atoms with E-state index in [1.807, 2.05) is 18.2 Å². The summed E-state index contributed by atoms with van der Waals surface area (Å²) in [5, 5.41) is 4.84. The van der Waals surface area contributed by atoms with Crippen LogP contribution < -0.4 is 10.1 Å². The molecule has 0 fully saturated rings. The van der Waals surface area contributed by atoms with Crippen molar-refractivity contribution in [2.24, 2.45) is 5.92 Å². The van der Waals surface area contributed by atoms with E-state index in [9.17, 15) is 4.79 Å². The van der Waals surface area contributed by atoms with Crippen LogP contribution in [-0.2, 0) is 29.0 Å². The summed E-state index contributed by atoms with van der Waals surface area (Å²) in [5.74, 6) is 1.33. The average Bonchev–Trinajstić information content (AvgIpc) is 3.21. The van der Waals surface area contributed by atoms with Gasteiger partial charge in [0.15, 0.2) is 0 Å². The van der Waals surface area contributed by atoms with Gasteiger partial charge < -0.3 is 14.8 Å². The third-order valence-corrected chi connectivity index (χ3v) is 8.37. The average molecular weight is 523 g/mol. The molecule has 36 heavy (non-hydrogen) atoms. The number of thioether (sulfide) groups is 1. The Morgan fingerprint density at radius 2 is 2.11 bits per heavy atom. The number of carbonyl (C=O) groups excluding carboxylic acids is 1. The van der Waals surface area contributed by atoms with E-state index < -0.39 is 0 Å². The Kier molecular flexibility index (Phi) is 6.89. The molecule has 188 valence electrons. The summed E-state index contributed by atoms with van der Waals surface area (Å²) >= 11 is 3.04. The quantitative estimate of drug-likeness (QED) is 0.234. The fraction of sp³-hybridized carbons (Fsp3) is 0.407. The number of nitrogens with zero attached hydrogens (tertiary/aromatic N) is 3. The molecule has 0 saturated heterocycles. The SMILES string of the molecule is COc1cccc(NC(=O)CSc2ncnc3c2sc2nc(CC(C)C)c4c(c23)CC(C)(C)OC4)c1. The number of methoxy groups -OCH3 is 1. The predicted octanol–water partition coefficient (Wildman–Crippen LogP) is 6.03. The van der Waals surface area contributed by atoms with Crippen molar-refractivity contribution in [3.63, 3.8) is 0 Å². The zero-order valence-electron chi connectivity index (χ0n) is 21.2. The lowest BCUT2D eigenvalue weighted by Crippen LogP contribution is -2.33. The molecule has 0 aliphatic carbocycles. The highest BCUT2D eigenvalue weighted by Gasteiger charge is 2.31. The molecule has 9 heteroatoms. The number of rotatable bonds is 7. The molecule has 0 unspecified atom stereocenters. The number of nitrogens with one attached hydrogen (secondary N) is 1. The molecular formula is C27H30N4O3S2. The fourth-order valence-electron chi connectivity index (χ4n) is 4.54. The van der Waals surface area contributed by atoms with Crippen molar-refractivity contribution in [2.45, 2.75) is 57.8 Å². The Hall–Kier alpha value is -2.75. The van der Waals surface area contributed by atoms with Crippen LogP contribution in [0.5, 0.6) is 5.75 Å². The molecule has 7 nitrogen and oxygen atoms in total. The molecule has 5 rings (SSSR count). The Bertz CT molecular complexity index is 1450. The highest BCUT2D eigenvalue weighted by atomic mass is 32.2. The van der Waals surface area contributed by atoms with Crippen molar-refractivity contribution in [3.8, 4) is 5.75 Å². The third-order valence-electron chi connectivity index (χ3n) is 6.18. The molecule has 0 bridgehead atoms. The second kappa shape index (κ2) is 9.95. The van der Waals surface area contributed by atoms with E-state index in [1.165, 1.54) is 22.9 Å². The number of hydrogen-bond donors (Lipinski definition) is 1. The summed E-state index contributed by atoms with van der Waals surface area (Å²) in [5.41, 5.74) is 5.00. The molecule has 0 atom stereocenters. The number of carbonyl (C=O) groups is 1. The van der Waals surface area contributed by atoms with Gasteiger partial charge in [-0.25, -0.2) is 15.0 Å². The number of pyridine rings is 1. The summed E-state index contributed by atoms with van der Waals surface area (Å²) in [6, 6.07) is 7.33. The summed E-state index contributed by atoms with van der Waals surface area (Å²) < 4.78 is 12.4. The number of hydrogen-bond acceptors (Lipinski definition) is 8. The first kappa shape index (κ1) is 24.9. The number of thiophene rings is 1. The van der Waals surface area contributed by atoms with Crippen molar-refractivity contribution < 1.29 is 14.3 Å². The Labute approximate surface area is 219 Å². The molecule has 1 aromatic carbocycles. The van der Waals surface area contributed by atoms with Crippen LogP contribution in [0.25, 0.3) is 20.4 Å². The van der Waals surface area contributed by atoms with Gasteiger partial charge in [0.1, 0.15) is 21.9 Å². The lowest BCUT2D eigenvalue weighted by atomic mass is 9.88. The largest absolute Gasteiger partial charge is 0.497 e. The first-order valence-corrected chi connectivity index (χ1v) is 13.8. The molecule has 3 aromatic heterocycles. The molecule has 0 radical (unpaired) electrons. The minimum atomic E-state index is -0.243. The van der Waals surface area contributed by atoms with E-state index in [1.54, 1.807) is 30.8 Å². The smallest absolute Gasteiger partial charge is 0.234 e. The summed E-state index contributed by atoms with van der Waals surface area (Å²) in [6.45, 7) is 9.27. The second-order valence-corrected chi connectivity index (χ2v) is 12.0. The molecule has 0 saturated carbocycles. The maximum Gasteiger partial charge on any atom is 0.234 e. The lowest BCUT2D eigenvalue weighted by Gasteiger charge is -2.33. The van der Waals surface area contributed by atoms with Gasteiger partial charge in [0.2, 0.25) is 5.91 Å². The van der Waals surface area contributed by atoms with Gasteiger partial charge in [-0.05, 0) is 43.9 Å². The number of fused-ring (bicyclic) bond motifs is 5. The number of benzene rings is 1. The Morgan fingerprint density at radius 3 is 2.89 bits per heavy atom. The van der Waals surface area contributed by atoms with Crippen LogP contribution in [0.1, 0.15) is 44.5 Å². The van der Waals surface area contributed by atoms with Gasteiger partial charge in [0, 0.05) is 34.8 Å². The van der Waals surface area contributed by atoms with E-state index >= 15 is 0 Å². The van der Waals surface area contributed by atoms with Crippen molar-refractivity contribution in [1.82, 2.24) is 15.0 Å². The zero-order valence-corrected chi connectivity index (χ0v) is 22.8. The van der Waals surface area contributed by atoms with Gasteiger partial charge in [0.25, 0.3) is 0 Å². The topological polar surface area (TPSA) is 86.2 Å². The number of aromatic nitrogens is 3. The van der Waals surface area contributed by atoms with E-state index in [2.05, 4.69) is 43.0 Å². The molecule has 1 N–H and O–H groups in total. The fourth-order valence-corrected chi connectivity index (χ4v) is 6.60. The van der Waals surface area contributed by atoms with Gasteiger partial charge in [0.05, 0.1) is 35.3 Å². The van der Waals surface area contributed by atoms with Crippen LogP contribution in [0.4, 0.5) is 5.69 Å².